The van der Waals surface area contributed by atoms with Gasteiger partial charge in [-0.2, -0.15) is 0 Å². The molecule has 1 amide bonds. The van der Waals surface area contributed by atoms with Crippen molar-refractivity contribution in [2.24, 2.45) is 0 Å². The van der Waals surface area contributed by atoms with Crippen molar-refractivity contribution in [2.45, 2.75) is 32.0 Å². The molecule has 104 valence electrons. The highest BCUT2D eigenvalue weighted by Crippen LogP contribution is 2.21. The number of carbonyl (C=O) groups excluding carboxylic acids is 1. The number of anilines is 1. The van der Waals surface area contributed by atoms with Crippen LogP contribution in [0.15, 0.2) is 24.3 Å². The lowest BCUT2D eigenvalue weighted by Crippen LogP contribution is -2.25. The third-order valence-corrected chi connectivity index (χ3v) is 3.40. The Balaban J connectivity index is 2.02. The molecule has 2 rings (SSSR count). The van der Waals surface area contributed by atoms with Gasteiger partial charge < -0.3 is 15.0 Å². The van der Waals surface area contributed by atoms with Crippen LogP contribution >= 0.6 is 0 Å². The van der Waals surface area contributed by atoms with Crippen LogP contribution in [0.25, 0.3) is 0 Å². The van der Waals surface area contributed by atoms with Crippen molar-refractivity contribution in [1.29, 1.82) is 0 Å². The molecule has 1 aromatic carbocycles. The van der Waals surface area contributed by atoms with Gasteiger partial charge in [0.05, 0.1) is 17.8 Å². The lowest BCUT2D eigenvalue weighted by molar-refractivity contribution is 0.0636. The molecular weight excluding hydrogens is 240 g/mol. The summed E-state index contributed by atoms with van der Waals surface area (Å²) >= 11 is 0. The lowest BCUT2D eigenvalue weighted by atomic mass is 10.1. The summed E-state index contributed by atoms with van der Waals surface area (Å²) in [4.78, 5) is 13.7. The van der Waals surface area contributed by atoms with Crippen LogP contribution < -0.4 is 5.32 Å². The van der Waals surface area contributed by atoms with Gasteiger partial charge >= 0.3 is 0 Å². The molecule has 0 aliphatic carbocycles. The van der Waals surface area contributed by atoms with Gasteiger partial charge in [-0.05, 0) is 31.9 Å². The number of ether oxygens (including phenoxy) is 1. The summed E-state index contributed by atoms with van der Waals surface area (Å²) < 4.78 is 5.77. The summed E-state index contributed by atoms with van der Waals surface area (Å²) in [5.74, 6) is 0.0174. The second kappa shape index (κ2) is 6.06. The fourth-order valence-electron chi connectivity index (χ4n) is 2.32. The largest absolute Gasteiger partial charge is 0.382 e. The molecule has 0 radical (unpaired) electrons. The first-order valence-electron chi connectivity index (χ1n) is 6.78. The molecule has 1 saturated heterocycles. The molecule has 1 aliphatic heterocycles. The predicted octanol–water partition coefficient (Wildman–Crippen LogP) is 2.37. The Bertz CT molecular complexity index is 446. The van der Waals surface area contributed by atoms with Gasteiger partial charge in [-0.1, -0.05) is 12.1 Å². The highest BCUT2D eigenvalue weighted by atomic mass is 16.5. The van der Waals surface area contributed by atoms with E-state index in [-0.39, 0.29) is 12.0 Å². The van der Waals surface area contributed by atoms with E-state index in [1.807, 2.05) is 24.3 Å². The van der Waals surface area contributed by atoms with E-state index in [9.17, 15) is 4.79 Å². The van der Waals surface area contributed by atoms with E-state index >= 15 is 0 Å². The summed E-state index contributed by atoms with van der Waals surface area (Å²) in [6, 6.07) is 7.61. The topological polar surface area (TPSA) is 41.6 Å². The molecule has 0 aromatic heterocycles. The number of nitrogens with zero attached hydrogens (tertiary/aromatic N) is 1. The molecule has 0 bridgehead atoms. The summed E-state index contributed by atoms with van der Waals surface area (Å²) in [6.45, 7) is 2.85. The van der Waals surface area contributed by atoms with Crippen LogP contribution in [-0.2, 0) is 4.74 Å². The summed E-state index contributed by atoms with van der Waals surface area (Å²) in [6.07, 6.45) is 2.80. The average Bonchev–Trinajstić information content (AvgIpc) is 2.81. The first kappa shape index (κ1) is 13.9. The molecule has 0 spiro atoms. The minimum Gasteiger partial charge on any atom is -0.382 e. The number of rotatable bonds is 4. The van der Waals surface area contributed by atoms with E-state index in [1.54, 1.807) is 19.0 Å². The fourth-order valence-corrected chi connectivity index (χ4v) is 2.32. The highest BCUT2D eigenvalue weighted by molar-refractivity contribution is 5.99. The summed E-state index contributed by atoms with van der Waals surface area (Å²) in [7, 11) is 3.53. The zero-order valence-electron chi connectivity index (χ0n) is 11.8. The van der Waals surface area contributed by atoms with Gasteiger partial charge in [0.1, 0.15) is 0 Å². The normalized spacial score (nSPS) is 22.3. The Hall–Kier alpha value is -1.55. The smallest absolute Gasteiger partial charge is 0.255 e. The van der Waals surface area contributed by atoms with Gasteiger partial charge in [0, 0.05) is 26.3 Å². The zero-order valence-corrected chi connectivity index (χ0v) is 11.8. The van der Waals surface area contributed by atoms with E-state index in [0.717, 1.165) is 25.1 Å². The molecular formula is C15H22N2O2. The quantitative estimate of drug-likeness (QED) is 0.905. The van der Waals surface area contributed by atoms with Crippen LogP contribution in [0.2, 0.25) is 0 Å². The van der Waals surface area contributed by atoms with Gasteiger partial charge in [0.15, 0.2) is 0 Å². The number of para-hydroxylation sites is 1. The Morgan fingerprint density at radius 3 is 2.74 bits per heavy atom. The standard InChI is InChI=1S/C15H22N2O2/c1-11-8-9-12(19-11)10-16-14-7-5-4-6-13(14)15(18)17(2)3/h4-7,11-12,16H,8-10H2,1-3H3. The second-order valence-corrected chi connectivity index (χ2v) is 5.27. The van der Waals surface area contributed by atoms with Crippen molar-refractivity contribution in [3.63, 3.8) is 0 Å². The minimum atomic E-state index is 0.0174. The van der Waals surface area contributed by atoms with Crippen LogP contribution in [0.5, 0.6) is 0 Å². The summed E-state index contributed by atoms with van der Waals surface area (Å²) in [5, 5.41) is 3.34. The average molecular weight is 262 g/mol. The van der Waals surface area contributed by atoms with Crippen molar-refractivity contribution < 1.29 is 9.53 Å². The maximum Gasteiger partial charge on any atom is 0.255 e. The Morgan fingerprint density at radius 2 is 2.11 bits per heavy atom. The van der Waals surface area contributed by atoms with Gasteiger partial charge in [-0.15, -0.1) is 0 Å². The molecule has 2 atom stereocenters. The Morgan fingerprint density at radius 1 is 1.37 bits per heavy atom. The number of amides is 1. The van der Waals surface area contributed by atoms with Gasteiger partial charge in [0.25, 0.3) is 5.91 Å². The van der Waals surface area contributed by atoms with Crippen LogP contribution in [0, 0.1) is 0 Å². The second-order valence-electron chi connectivity index (χ2n) is 5.27. The monoisotopic (exact) mass is 262 g/mol. The van der Waals surface area contributed by atoms with E-state index in [4.69, 9.17) is 4.74 Å². The van der Waals surface area contributed by atoms with Crippen molar-refractivity contribution in [3.05, 3.63) is 29.8 Å². The van der Waals surface area contributed by atoms with E-state index in [2.05, 4.69) is 12.2 Å². The summed E-state index contributed by atoms with van der Waals surface area (Å²) in [5.41, 5.74) is 1.59. The first-order valence-corrected chi connectivity index (χ1v) is 6.78. The van der Waals surface area contributed by atoms with E-state index in [0.29, 0.717) is 11.7 Å². The van der Waals surface area contributed by atoms with Crippen molar-refractivity contribution in [3.8, 4) is 0 Å². The van der Waals surface area contributed by atoms with Crippen molar-refractivity contribution >= 4 is 11.6 Å². The van der Waals surface area contributed by atoms with E-state index < -0.39 is 0 Å². The first-order chi connectivity index (χ1) is 9.08. The van der Waals surface area contributed by atoms with Gasteiger partial charge in [-0.25, -0.2) is 0 Å². The number of benzene rings is 1. The maximum atomic E-state index is 12.1. The van der Waals surface area contributed by atoms with Gasteiger partial charge in [0.2, 0.25) is 0 Å². The third kappa shape index (κ3) is 3.47. The Labute approximate surface area is 114 Å². The lowest BCUT2D eigenvalue weighted by Gasteiger charge is -2.17. The molecule has 1 fully saturated rings. The molecule has 2 unspecified atom stereocenters. The molecule has 1 N–H and O–H groups in total. The fraction of sp³-hybridized carbons (Fsp3) is 0.533. The zero-order chi connectivity index (χ0) is 13.8. The maximum absolute atomic E-state index is 12.1. The molecule has 1 aliphatic rings. The number of carbonyl (C=O) groups is 1. The van der Waals surface area contributed by atoms with Crippen molar-refractivity contribution in [2.75, 3.05) is 26.0 Å². The SMILES string of the molecule is CC1CCC(CNc2ccccc2C(=O)N(C)C)O1. The van der Waals surface area contributed by atoms with Crippen LogP contribution in [0.4, 0.5) is 5.69 Å². The van der Waals surface area contributed by atoms with Crippen molar-refractivity contribution in [1.82, 2.24) is 4.90 Å². The minimum absolute atomic E-state index is 0.0174. The van der Waals surface area contributed by atoms with Crippen LogP contribution in [0.1, 0.15) is 30.1 Å². The molecule has 1 heterocycles. The molecule has 19 heavy (non-hydrogen) atoms. The number of nitrogens with one attached hydrogen (secondary N) is 1. The van der Waals surface area contributed by atoms with Gasteiger partial charge in [-0.3, -0.25) is 4.79 Å². The molecule has 4 nitrogen and oxygen atoms in total. The molecule has 4 heteroatoms. The Kier molecular flexibility index (Phi) is 4.43. The van der Waals surface area contributed by atoms with Crippen LogP contribution in [0.3, 0.4) is 0 Å². The highest BCUT2D eigenvalue weighted by Gasteiger charge is 2.22. The number of hydrogen-bond acceptors (Lipinski definition) is 3. The molecule has 1 aromatic rings. The van der Waals surface area contributed by atoms with E-state index in [1.165, 1.54) is 0 Å². The van der Waals surface area contributed by atoms with Crippen LogP contribution in [-0.4, -0.2) is 43.7 Å². The predicted molar refractivity (Wildman–Crippen MR) is 76.5 cm³/mol. The third-order valence-electron chi connectivity index (χ3n) is 3.40. The molecule has 0 saturated carbocycles. The number of hydrogen-bond donors (Lipinski definition) is 1.